The molecule has 0 saturated carbocycles. The van der Waals surface area contributed by atoms with Crippen molar-refractivity contribution in [2.45, 2.75) is 33.2 Å². The molecule has 0 saturated heterocycles. The maximum absolute atomic E-state index is 11.6. The second-order valence-electron chi connectivity index (χ2n) is 4.21. The summed E-state index contributed by atoms with van der Waals surface area (Å²) in [7, 11) is 0. The van der Waals surface area contributed by atoms with E-state index in [2.05, 4.69) is 24.5 Å². The number of nitrogens with one attached hydrogen (secondary N) is 2. The Kier molecular flexibility index (Phi) is 6.29. The zero-order valence-corrected chi connectivity index (χ0v) is 12.3. The Labute approximate surface area is 119 Å². The van der Waals surface area contributed by atoms with E-state index in [9.17, 15) is 4.79 Å². The van der Waals surface area contributed by atoms with Crippen LogP contribution in [-0.4, -0.2) is 23.7 Å². The van der Waals surface area contributed by atoms with Crippen LogP contribution in [0.1, 0.15) is 37.6 Å². The van der Waals surface area contributed by atoms with Gasteiger partial charge in [0, 0.05) is 11.7 Å². The molecule has 1 atom stereocenters. The van der Waals surface area contributed by atoms with Gasteiger partial charge in [-0.25, -0.2) is 4.79 Å². The van der Waals surface area contributed by atoms with Gasteiger partial charge in [-0.1, -0.05) is 13.0 Å². The van der Waals surface area contributed by atoms with Crippen molar-refractivity contribution in [3.63, 3.8) is 0 Å². The minimum atomic E-state index is -0.327. The summed E-state index contributed by atoms with van der Waals surface area (Å²) in [6, 6.07) is 7.40. The summed E-state index contributed by atoms with van der Waals surface area (Å²) < 4.78 is 4.95. The molecule has 2 N–H and O–H groups in total. The third kappa shape index (κ3) is 5.26. The van der Waals surface area contributed by atoms with Gasteiger partial charge in [0.2, 0.25) is 0 Å². The Hall–Kier alpha value is -1.62. The van der Waals surface area contributed by atoms with Crippen molar-refractivity contribution >= 4 is 29.0 Å². The molecular formula is C14H20N2O2S. The van der Waals surface area contributed by atoms with E-state index in [0.717, 1.165) is 12.1 Å². The van der Waals surface area contributed by atoms with Gasteiger partial charge in [-0.15, -0.1) is 0 Å². The molecular weight excluding hydrogens is 260 g/mol. The molecule has 19 heavy (non-hydrogen) atoms. The third-order valence-electron chi connectivity index (χ3n) is 2.62. The number of benzene rings is 1. The number of hydrogen-bond donors (Lipinski definition) is 2. The molecule has 0 aliphatic carbocycles. The van der Waals surface area contributed by atoms with Gasteiger partial charge in [0.05, 0.1) is 12.2 Å². The van der Waals surface area contributed by atoms with Gasteiger partial charge in [0.1, 0.15) is 0 Å². The van der Waals surface area contributed by atoms with E-state index >= 15 is 0 Å². The van der Waals surface area contributed by atoms with Crippen molar-refractivity contribution in [2.75, 3.05) is 11.9 Å². The number of ether oxygens (including phenoxy) is 1. The van der Waals surface area contributed by atoms with Crippen molar-refractivity contribution in [3.05, 3.63) is 29.8 Å². The van der Waals surface area contributed by atoms with Crippen LogP contribution in [0, 0.1) is 0 Å². The first-order chi connectivity index (χ1) is 9.06. The lowest BCUT2D eigenvalue weighted by Crippen LogP contribution is -2.35. The predicted octanol–water partition coefficient (Wildman–Crippen LogP) is 2.95. The highest BCUT2D eigenvalue weighted by Crippen LogP contribution is 2.11. The summed E-state index contributed by atoms with van der Waals surface area (Å²) in [5.74, 6) is -0.327. The predicted molar refractivity (Wildman–Crippen MR) is 81.5 cm³/mol. The Morgan fingerprint density at radius 1 is 1.42 bits per heavy atom. The van der Waals surface area contributed by atoms with Crippen LogP contribution >= 0.6 is 12.2 Å². The number of thiocarbonyl (C=S) groups is 1. The molecule has 0 unspecified atom stereocenters. The maximum atomic E-state index is 11.6. The van der Waals surface area contributed by atoms with E-state index in [4.69, 9.17) is 17.0 Å². The molecule has 0 aliphatic heterocycles. The van der Waals surface area contributed by atoms with Gasteiger partial charge in [-0.2, -0.15) is 0 Å². The molecule has 1 aromatic rings. The normalized spacial score (nSPS) is 11.5. The Morgan fingerprint density at radius 3 is 2.79 bits per heavy atom. The van der Waals surface area contributed by atoms with Gasteiger partial charge in [-0.05, 0) is 50.7 Å². The van der Waals surface area contributed by atoms with Gasteiger partial charge in [-0.3, -0.25) is 0 Å². The molecule has 4 nitrogen and oxygen atoms in total. The standard InChI is InChI=1S/C14H20N2O2S/c1-4-10(3)15-14(19)16-12-8-6-7-11(9-12)13(17)18-5-2/h6-10H,4-5H2,1-3H3,(H2,15,16,19)/t10-/m1/s1. The average Bonchev–Trinajstić information content (AvgIpc) is 2.39. The quantitative estimate of drug-likeness (QED) is 0.641. The monoisotopic (exact) mass is 280 g/mol. The average molecular weight is 280 g/mol. The van der Waals surface area contributed by atoms with Crippen molar-refractivity contribution in [3.8, 4) is 0 Å². The molecule has 104 valence electrons. The van der Waals surface area contributed by atoms with Crippen LogP contribution in [-0.2, 0) is 4.74 Å². The zero-order chi connectivity index (χ0) is 14.3. The van der Waals surface area contributed by atoms with Crippen LogP contribution in [0.3, 0.4) is 0 Å². The molecule has 0 fully saturated rings. The lowest BCUT2D eigenvalue weighted by Gasteiger charge is -2.15. The molecule has 0 spiro atoms. The summed E-state index contributed by atoms with van der Waals surface area (Å²) in [4.78, 5) is 11.6. The first kappa shape index (κ1) is 15.4. The summed E-state index contributed by atoms with van der Waals surface area (Å²) >= 11 is 5.20. The molecule has 0 aromatic heterocycles. The fourth-order valence-electron chi connectivity index (χ4n) is 1.43. The third-order valence-corrected chi connectivity index (χ3v) is 2.84. The van der Waals surface area contributed by atoms with E-state index in [1.807, 2.05) is 6.07 Å². The minimum Gasteiger partial charge on any atom is -0.462 e. The molecule has 5 heteroatoms. The summed E-state index contributed by atoms with van der Waals surface area (Å²) in [6.07, 6.45) is 0.991. The largest absolute Gasteiger partial charge is 0.462 e. The van der Waals surface area contributed by atoms with Crippen LogP contribution in [0.4, 0.5) is 5.69 Å². The van der Waals surface area contributed by atoms with Crippen molar-refractivity contribution in [2.24, 2.45) is 0 Å². The zero-order valence-electron chi connectivity index (χ0n) is 11.5. The maximum Gasteiger partial charge on any atom is 0.338 e. The summed E-state index contributed by atoms with van der Waals surface area (Å²) in [5.41, 5.74) is 1.28. The van der Waals surface area contributed by atoms with Crippen molar-refractivity contribution in [1.82, 2.24) is 5.32 Å². The molecule has 0 radical (unpaired) electrons. The summed E-state index contributed by atoms with van der Waals surface area (Å²) in [5, 5.41) is 6.76. The first-order valence-electron chi connectivity index (χ1n) is 6.41. The highest BCUT2D eigenvalue weighted by atomic mass is 32.1. The fraction of sp³-hybridized carbons (Fsp3) is 0.429. The first-order valence-corrected chi connectivity index (χ1v) is 6.82. The second-order valence-corrected chi connectivity index (χ2v) is 4.62. The number of carbonyl (C=O) groups excluding carboxylic acids is 1. The van der Waals surface area contributed by atoms with Crippen LogP contribution in [0.15, 0.2) is 24.3 Å². The second kappa shape index (κ2) is 7.74. The van der Waals surface area contributed by atoms with Crippen LogP contribution in [0.5, 0.6) is 0 Å². The highest BCUT2D eigenvalue weighted by Gasteiger charge is 2.07. The van der Waals surface area contributed by atoms with Crippen LogP contribution in [0.2, 0.25) is 0 Å². The van der Waals surface area contributed by atoms with Gasteiger partial charge >= 0.3 is 5.97 Å². The van der Waals surface area contributed by atoms with Gasteiger partial charge in [0.15, 0.2) is 5.11 Å². The Bertz CT molecular complexity index is 449. The van der Waals surface area contributed by atoms with Gasteiger partial charge < -0.3 is 15.4 Å². The molecule has 1 rings (SSSR count). The SMILES string of the molecule is CCOC(=O)c1cccc(NC(=S)N[C@H](C)CC)c1. The molecule has 1 aromatic carbocycles. The topological polar surface area (TPSA) is 50.4 Å². The van der Waals surface area contributed by atoms with Gasteiger partial charge in [0.25, 0.3) is 0 Å². The minimum absolute atomic E-state index is 0.313. The number of anilines is 1. The van der Waals surface area contributed by atoms with E-state index < -0.39 is 0 Å². The van der Waals surface area contributed by atoms with Crippen LogP contribution in [0.25, 0.3) is 0 Å². The number of hydrogen-bond acceptors (Lipinski definition) is 3. The highest BCUT2D eigenvalue weighted by molar-refractivity contribution is 7.80. The number of rotatable bonds is 5. The van der Waals surface area contributed by atoms with Crippen LogP contribution < -0.4 is 10.6 Å². The van der Waals surface area contributed by atoms with E-state index in [1.54, 1.807) is 25.1 Å². The molecule has 0 bridgehead atoms. The summed E-state index contributed by atoms with van der Waals surface area (Å²) in [6.45, 7) is 6.29. The Morgan fingerprint density at radius 2 is 2.16 bits per heavy atom. The Balaban J connectivity index is 2.66. The van der Waals surface area contributed by atoms with Crippen molar-refractivity contribution < 1.29 is 9.53 Å². The molecule has 0 amide bonds. The molecule has 0 aliphatic rings. The molecule has 0 heterocycles. The van der Waals surface area contributed by atoms with E-state index in [1.165, 1.54) is 0 Å². The smallest absolute Gasteiger partial charge is 0.338 e. The number of esters is 1. The van der Waals surface area contributed by atoms with E-state index in [0.29, 0.717) is 23.3 Å². The number of carbonyl (C=O) groups is 1. The van der Waals surface area contributed by atoms with Crippen molar-refractivity contribution in [1.29, 1.82) is 0 Å². The lowest BCUT2D eigenvalue weighted by molar-refractivity contribution is 0.0526. The van der Waals surface area contributed by atoms with E-state index in [-0.39, 0.29) is 5.97 Å². The lowest BCUT2D eigenvalue weighted by atomic mass is 10.2. The fourth-order valence-corrected chi connectivity index (χ4v) is 1.75.